The third kappa shape index (κ3) is 6.07. The number of aromatic nitrogens is 3. The zero-order valence-electron chi connectivity index (χ0n) is 33.2. The molecule has 0 amide bonds. The molecule has 286 valence electrons. The molecule has 5 heteroatoms. The first kappa shape index (κ1) is 35.3. The second-order valence-electron chi connectivity index (χ2n) is 15.3. The number of benzene rings is 8. The van der Waals surface area contributed by atoms with Crippen LogP contribution in [-0.2, 0) is 6.54 Å². The van der Waals surface area contributed by atoms with Gasteiger partial charge in [-0.25, -0.2) is 4.68 Å². The molecule has 0 atom stereocenters. The van der Waals surface area contributed by atoms with Gasteiger partial charge in [0.2, 0.25) is 0 Å². The van der Waals surface area contributed by atoms with E-state index in [0.717, 1.165) is 27.9 Å². The number of fused-ring (bicyclic) bond motifs is 6. The largest absolute Gasteiger partial charge is 0.328 e. The lowest BCUT2D eigenvalue weighted by molar-refractivity contribution is 0.815. The Morgan fingerprint density at radius 2 is 0.883 bits per heavy atom. The van der Waals surface area contributed by atoms with Crippen LogP contribution < -0.4 is 10.9 Å². The first-order valence-electron chi connectivity index (χ1n) is 20.5. The third-order valence-electron chi connectivity index (χ3n) is 11.8. The van der Waals surface area contributed by atoms with E-state index in [2.05, 4.69) is 215 Å². The normalized spacial score (nSPS) is 11.9. The first-order valence-corrected chi connectivity index (χ1v) is 20.5. The number of rotatable bonds is 8. The van der Waals surface area contributed by atoms with Crippen molar-refractivity contribution in [3.8, 4) is 44.8 Å². The summed E-state index contributed by atoms with van der Waals surface area (Å²) in [6.07, 6.45) is 2.01. The minimum Gasteiger partial charge on any atom is -0.328 e. The molecule has 3 heterocycles. The maximum atomic E-state index is 5.18. The van der Waals surface area contributed by atoms with Crippen LogP contribution in [0.3, 0.4) is 0 Å². The summed E-state index contributed by atoms with van der Waals surface area (Å²) in [4.78, 5) is 5.18. The van der Waals surface area contributed by atoms with E-state index in [0.29, 0.717) is 6.54 Å². The Morgan fingerprint density at radius 3 is 1.48 bits per heavy atom. The number of pyridine rings is 1. The fraction of sp³-hybridized carbons (Fsp3) is 0.0364. The summed E-state index contributed by atoms with van der Waals surface area (Å²) in [6, 6.07) is 74.2. The Morgan fingerprint density at radius 1 is 0.400 bits per heavy atom. The molecule has 11 rings (SSSR count). The van der Waals surface area contributed by atoms with Crippen molar-refractivity contribution in [2.45, 2.75) is 6.54 Å². The highest BCUT2D eigenvalue weighted by molar-refractivity contribution is 6.12. The van der Waals surface area contributed by atoms with E-state index < -0.39 is 0 Å². The molecule has 0 aliphatic carbocycles. The van der Waals surface area contributed by atoms with Crippen molar-refractivity contribution in [2.24, 2.45) is 4.99 Å². The van der Waals surface area contributed by atoms with Gasteiger partial charge in [-0.1, -0.05) is 133 Å². The topological polar surface area (TPSA) is 39.2 Å². The Kier molecular flexibility index (Phi) is 8.71. The predicted octanol–water partition coefficient (Wildman–Crippen LogP) is 13.0. The van der Waals surface area contributed by atoms with Crippen LogP contribution >= 0.6 is 0 Å². The Hall–Kier alpha value is -7.89. The fourth-order valence-electron chi connectivity index (χ4n) is 8.90. The highest BCUT2D eigenvalue weighted by Crippen LogP contribution is 2.38. The van der Waals surface area contributed by atoms with Gasteiger partial charge in [-0.3, -0.25) is 4.99 Å². The van der Waals surface area contributed by atoms with E-state index in [1.165, 1.54) is 71.6 Å². The maximum absolute atomic E-state index is 5.18. The molecule has 60 heavy (non-hydrogen) atoms. The quantitative estimate of drug-likeness (QED) is 0.164. The third-order valence-corrected chi connectivity index (χ3v) is 11.8. The van der Waals surface area contributed by atoms with E-state index >= 15 is 0 Å². The van der Waals surface area contributed by atoms with Crippen LogP contribution in [0.4, 0.5) is 0 Å². The molecule has 0 saturated carbocycles. The minimum absolute atomic E-state index is 0.548. The van der Waals surface area contributed by atoms with E-state index in [-0.39, 0.29) is 0 Å². The van der Waals surface area contributed by atoms with Crippen molar-refractivity contribution in [1.82, 2.24) is 13.8 Å². The van der Waals surface area contributed by atoms with Gasteiger partial charge in [0.15, 0.2) is 5.49 Å². The summed E-state index contributed by atoms with van der Waals surface area (Å²) in [5, 5.41) is 4.98. The summed E-state index contributed by atoms with van der Waals surface area (Å²) >= 11 is 0. The molecule has 0 spiro atoms. The highest BCUT2D eigenvalue weighted by Gasteiger charge is 2.16. The predicted molar refractivity (Wildman–Crippen MR) is 250 cm³/mol. The molecule has 0 aliphatic heterocycles. The fourth-order valence-corrected chi connectivity index (χ4v) is 8.90. The monoisotopic (exact) mass is 771 g/mol. The summed E-state index contributed by atoms with van der Waals surface area (Å²) in [5.74, 6) is 0. The molecule has 1 N–H and O–H groups in total. The summed E-state index contributed by atoms with van der Waals surface area (Å²) in [7, 11) is 1.93. The smallest absolute Gasteiger partial charge is 0.154 e. The molecule has 0 unspecified atom stereocenters. The lowest BCUT2D eigenvalue weighted by Gasteiger charge is -2.12. The van der Waals surface area contributed by atoms with Crippen LogP contribution in [0.5, 0.6) is 0 Å². The second kappa shape index (κ2) is 14.8. The van der Waals surface area contributed by atoms with Crippen molar-refractivity contribution in [1.29, 1.82) is 0 Å². The standard InChI is InChI=1S/C55H41N5/c1-56-58-34-12-19-46(41-26-24-40(25-27-41)39-13-4-2-5-14-39)55(58)57-37-38-22-30-45(31-23-38)60-52-21-11-9-18-48(52)50-36-43(29-33-54(50)60)42-28-32-53-49(35-42)47-17-8-10-20-51(47)59(53)44-15-6-3-7-16-44/h2-36,56H,37H2,1H3/b57-55-. The van der Waals surface area contributed by atoms with E-state index in [9.17, 15) is 0 Å². The van der Waals surface area contributed by atoms with Crippen LogP contribution in [0.15, 0.2) is 217 Å². The number of hydrogen-bond donors (Lipinski definition) is 1. The van der Waals surface area contributed by atoms with E-state index in [1.54, 1.807) is 0 Å². The summed E-state index contributed by atoms with van der Waals surface area (Å²) < 4.78 is 6.74. The minimum atomic E-state index is 0.548. The molecule has 0 bridgehead atoms. The van der Waals surface area contributed by atoms with Crippen LogP contribution in [0.2, 0.25) is 0 Å². The van der Waals surface area contributed by atoms with Gasteiger partial charge in [-0.05, 0) is 106 Å². The highest BCUT2D eigenvalue weighted by atomic mass is 15.4. The molecule has 0 fully saturated rings. The molecule has 0 aliphatic rings. The van der Waals surface area contributed by atoms with Gasteiger partial charge in [-0.2, -0.15) is 0 Å². The Bertz CT molecular complexity index is 3410. The first-order chi connectivity index (χ1) is 29.7. The van der Waals surface area contributed by atoms with Crippen LogP contribution in [0.25, 0.3) is 88.4 Å². The van der Waals surface area contributed by atoms with Gasteiger partial charge in [0.1, 0.15) is 0 Å². The zero-order chi connectivity index (χ0) is 40.0. The summed E-state index contributed by atoms with van der Waals surface area (Å²) in [5.41, 5.74) is 19.4. The van der Waals surface area contributed by atoms with Crippen molar-refractivity contribution >= 4 is 43.6 Å². The number of hydrogen-bond acceptors (Lipinski definition) is 2. The Balaban J connectivity index is 0.933. The van der Waals surface area contributed by atoms with Crippen molar-refractivity contribution < 1.29 is 0 Å². The molecule has 5 nitrogen and oxygen atoms in total. The number of para-hydroxylation sites is 3. The molecule has 0 saturated heterocycles. The maximum Gasteiger partial charge on any atom is 0.154 e. The Labute approximate surface area is 348 Å². The van der Waals surface area contributed by atoms with Crippen LogP contribution in [-0.4, -0.2) is 20.9 Å². The lowest BCUT2D eigenvalue weighted by Crippen LogP contribution is -2.28. The van der Waals surface area contributed by atoms with Crippen LogP contribution in [0, 0.1) is 0 Å². The van der Waals surface area contributed by atoms with Gasteiger partial charge < -0.3 is 14.6 Å². The molecule has 11 aromatic rings. The van der Waals surface area contributed by atoms with Gasteiger partial charge in [-0.15, -0.1) is 0 Å². The molecular weight excluding hydrogens is 731 g/mol. The van der Waals surface area contributed by atoms with Crippen LogP contribution in [0.1, 0.15) is 5.56 Å². The van der Waals surface area contributed by atoms with E-state index in [4.69, 9.17) is 4.99 Å². The van der Waals surface area contributed by atoms with Crippen molar-refractivity contribution in [2.75, 3.05) is 12.5 Å². The van der Waals surface area contributed by atoms with Crippen molar-refractivity contribution in [3.05, 3.63) is 224 Å². The second-order valence-corrected chi connectivity index (χ2v) is 15.3. The SMILES string of the molecule is CNn1cccc(-c2ccc(-c3ccccc3)cc2)/c1=N/Cc1ccc(-n2c3ccccc3c3cc(-c4ccc5c(c4)c4ccccc4n5-c4ccccc4)ccc32)cc1. The molecule has 0 radical (unpaired) electrons. The summed E-state index contributed by atoms with van der Waals surface area (Å²) in [6.45, 7) is 0.548. The lowest BCUT2D eigenvalue weighted by atomic mass is 10.0. The van der Waals surface area contributed by atoms with Gasteiger partial charge in [0.05, 0.1) is 28.6 Å². The zero-order valence-corrected chi connectivity index (χ0v) is 33.2. The molecule has 8 aromatic carbocycles. The average molecular weight is 772 g/mol. The van der Waals surface area contributed by atoms with Gasteiger partial charge in [0.25, 0.3) is 0 Å². The van der Waals surface area contributed by atoms with Gasteiger partial charge in [0, 0.05) is 51.7 Å². The molecule has 3 aromatic heterocycles. The van der Waals surface area contributed by atoms with Crippen molar-refractivity contribution in [3.63, 3.8) is 0 Å². The number of nitrogens with zero attached hydrogens (tertiary/aromatic N) is 4. The van der Waals surface area contributed by atoms with E-state index in [1.807, 2.05) is 24.0 Å². The average Bonchev–Trinajstić information content (AvgIpc) is 3.84. The van der Waals surface area contributed by atoms with Gasteiger partial charge >= 0.3 is 0 Å². The number of nitrogens with one attached hydrogen (secondary N) is 1. The molecular formula is C55H41N5.